The van der Waals surface area contributed by atoms with Gasteiger partial charge in [0.1, 0.15) is 0 Å². The number of anilines is 5. The molecule has 0 saturated heterocycles. The summed E-state index contributed by atoms with van der Waals surface area (Å²) in [5.74, 6) is 0. The average Bonchev–Trinajstić information content (AvgIpc) is 3.41. The molecule has 3 aliphatic heterocycles. The van der Waals surface area contributed by atoms with Crippen molar-refractivity contribution < 1.29 is 0 Å². The Balaban J connectivity index is 1.31. The van der Waals surface area contributed by atoms with Crippen molar-refractivity contribution in [1.82, 2.24) is 0 Å². The molecular formula is C46H35BN2. The van der Waals surface area contributed by atoms with Crippen molar-refractivity contribution in [3.8, 4) is 33.4 Å². The van der Waals surface area contributed by atoms with Crippen LogP contribution in [0.3, 0.4) is 0 Å². The van der Waals surface area contributed by atoms with Crippen molar-refractivity contribution in [1.29, 1.82) is 0 Å². The van der Waals surface area contributed by atoms with Crippen LogP contribution in [0.5, 0.6) is 0 Å². The molecule has 232 valence electrons. The Morgan fingerprint density at radius 2 is 1.04 bits per heavy atom. The number of nitrogens with zero attached hydrogens (tertiary/aromatic N) is 2. The summed E-state index contributed by atoms with van der Waals surface area (Å²) in [5, 5.41) is 0. The highest BCUT2D eigenvalue weighted by Gasteiger charge is 2.44. The van der Waals surface area contributed by atoms with Gasteiger partial charge in [0.2, 0.25) is 0 Å². The molecule has 3 heteroatoms. The van der Waals surface area contributed by atoms with Crippen molar-refractivity contribution in [3.63, 3.8) is 0 Å². The van der Waals surface area contributed by atoms with Crippen LogP contribution in [-0.4, -0.2) is 13.3 Å². The highest BCUT2D eigenvalue weighted by Crippen LogP contribution is 2.47. The van der Waals surface area contributed by atoms with Crippen LogP contribution >= 0.6 is 0 Å². The molecule has 10 rings (SSSR count). The van der Waals surface area contributed by atoms with Gasteiger partial charge in [0.15, 0.2) is 0 Å². The van der Waals surface area contributed by atoms with Crippen LogP contribution in [0.25, 0.3) is 33.4 Å². The van der Waals surface area contributed by atoms with Crippen molar-refractivity contribution in [3.05, 3.63) is 169 Å². The van der Waals surface area contributed by atoms with E-state index in [0.29, 0.717) is 0 Å². The summed E-state index contributed by atoms with van der Waals surface area (Å²) in [6.45, 7) is 1.14. The van der Waals surface area contributed by atoms with E-state index in [9.17, 15) is 0 Å². The molecule has 0 saturated carbocycles. The highest BCUT2D eigenvalue weighted by molar-refractivity contribution is 7.00. The third-order valence-corrected chi connectivity index (χ3v) is 10.8. The van der Waals surface area contributed by atoms with Crippen molar-refractivity contribution in [2.24, 2.45) is 0 Å². The smallest absolute Gasteiger partial charge is 0.252 e. The molecule has 0 unspecified atom stereocenters. The first-order chi connectivity index (χ1) is 24.3. The zero-order valence-corrected chi connectivity index (χ0v) is 27.4. The maximum atomic E-state index is 2.69. The lowest BCUT2D eigenvalue weighted by atomic mass is 9.33. The maximum absolute atomic E-state index is 2.69. The molecule has 7 aromatic carbocycles. The number of fused-ring (bicyclic) bond motifs is 4. The van der Waals surface area contributed by atoms with E-state index in [1.54, 1.807) is 0 Å². The van der Waals surface area contributed by atoms with E-state index in [2.05, 4.69) is 174 Å². The quantitative estimate of drug-likeness (QED) is 0.180. The van der Waals surface area contributed by atoms with Gasteiger partial charge in [0.05, 0.1) is 0 Å². The number of hydrogen-bond donors (Lipinski definition) is 0. The second-order valence-electron chi connectivity index (χ2n) is 13.5. The van der Waals surface area contributed by atoms with Crippen LogP contribution in [0.4, 0.5) is 28.4 Å². The molecule has 7 aromatic rings. The molecule has 0 atom stereocenters. The zero-order chi connectivity index (χ0) is 32.3. The molecule has 0 N–H and O–H groups in total. The van der Waals surface area contributed by atoms with E-state index in [1.165, 1.54) is 90.2 Å². The highest BCUT2D eigenvalue weighted by atomic mass is 15.2. The van der Waals surface area contributed by atoms with E-state index in [0.717, 1.165) is 19.4 Å². The minimum Gasteiger partial charge on any atom is -0.342 e. The summed E-state index contributed by atoms with van der Waals surface area (Å²) in [4.78, 5) is 5.23. The average molecular weight is 627 g/mol. The summed E-state index contributed by atoms with van der Waals surface area (Å²) in [5.41, 5.74) is 19.8. The zero-order valence-electron chi connectivity index (χ0n) is 27.4. The molecule has 49 heavy (non-hydrogen) atoms. The standard InChI is InChI=1S/C46H35BN2/c1-5-15-32(16-6-1)35-24-26-40-42(29-35)49(37-21-11-4-12-22-37)44-31-36(33-17-7-2-8-18-33)30-43-45(44)47(40)41-27-25-38(34-19-9-3-10-20-34)39-23-13-14-28-48(43)46(39)41/h1-12,15-22,24-27,29-31H,13-14,23,28H2. The molecule has 0 aromatic heterocycles. The van der Waals surface area contributed by atoms with Gasteiger partial charge in [0.25, 0.3) is 6.71 Å². The monoisotopic (exact) mass is 626 g/mol. The Labute approximate surface area is 289 Å². The number of hydrogen-bond acceptors (Lipinski definition) is 2. The number of para-hydroxylation sites is 1. The topological polar surface area (TPSA) is 6.48 Å². The Kier molecular flexibility index (Phi) is 6.58. The lowest BCUT2D eigenvalue weighted by Crippen LogP contribution is -2.62. The number of rotatable bonds is 4. The Morgan fingerprint density at radius 1 is 0.449 bits per heavy atom. The largest absolute Gasteiger partial charge is 0.342 e. The molecule has 0 radical (unpaired) electrons. The molecule has 3 aliphatic rings. The first kappa shape index (κ1) is 28.2. The lowest BCUT2D eigenvalue weighted by molar-refractivity contribution is 0.762. The van der Waals surface area contributed by atoms with Gasteiger partial charge >= 0.3 is 0 Å². The molecule has 0 aliphatic carbocycles. The van der Waals surface area contributed by atoms with Crippen LogP contribution in [-0.2, 0) is 6.42 Å². The Bertz CT molecular complexity index is 2340. The van der Waals surface area contributed by atoms with Crippen molar-refractivity contribution in [2.75, 3.05) is 16.3 Å². The van der Waals surface area contributed by atoms with Gasteiger partial charge < -0.3 is 9.80 Å². The van der Waals surface area contributed by atoms with Gasteiger partial charge in [-0.15, -0.1) is 0 Å². The fourth-order valence-corrected chi connectivity index (χ4v) is 8.65. The third-order valence-electron chi connectivity index (χ3n) is 10.8. The fraction of sp³-hybridized carbons (Fsp3) is 0.0870. The van der Waals surface area contributed by atoms with Gasteiger partial charge in [-0.2, -0.15) is 0 Å². The van der Waals surface area contributed by atoms with Crippen molar-refractivity contribution in [2.45, 2.75) is 19.3 Å². The molecule has 0 spiro atoms. The predicted molar refractivity (Wildman–Crippen MR) is 208 cm³/mol. The second-order valence-corrected chi connectivity index (χ2v) is 13.5. The van der Waals surface area contributed by atoms with Gasteiger partial charge in [0, 0.05) is 35.0 Å². The molecule has 0 bridgehead atoms. The molecule has 0 fully saturated rings. The van der Waals surface area contributed by atoms with Crippen LogP contribution in [0.15, 0.2) is 164 Å². The molecular weight excluding hydrogens is 591 g/mol. The van der Waals surface area contributed by atoms with E-state index in [1.807, 2.05) is 0 Å². The summed E-state index contributed by atoms with van der Waals surface area (Å²) in [6.07, 6.45) is 3.44. The van der Waals surface area contributed by atoms with Crippen LogP contribution in [0.2, 0.25) is 0 Å². The first-order valence-electron chi connectivity index (χ1n) is 17.6. The van der Waals surface area contributed by atoms with Crippen LogP contribution < -0.4 is 26.2 Å². The van der Waals surface area contributed by atoms with Gasteiger partial charge in [-0.25, -0.2) is 0 Å². The Hall–Kier alpha value is -5.80. The van der Waals surface area contributed by atoms with Gasteiger partial charge in [-0.1, -0.05) is 133 Å². The molecule has 3 heterocycles. The molecule has 2 nitrogen and oxygen atoms in total. The first-order valence-corrected chi connectivity index (χ1v) is 17.6. The summed E-state index contributed by atoms with van der Waals surface area (Å²) >= 11 is 0. The normalized spacial score (nSPS) is 14.1. The van der Waals surface area contributed by atoms with E-state index >= 15 is 0 Å². The lowest BCUT2D eigenvalue weighted by Gasteiger charge is -2.45. The Morgan fingerprint density at radius 3 is 1.76 bits per heavy atom. The van der Waals surface area contributed by atoms with E-state index in [4.69, 9.17) is 0 Å². The van der Waals surface area contributed by atoms with Crippen molar-refractivity contribution >= 4 is 51.5 Å². The number of benzene rings is 7. The molecule has 0 amide bonds. The summed E-state index contributed by atoms with van der Waals surface area (Å²) < 4.78 is 0. The summed E-state index contributed by atoms with van der Waals surface area (Å²) in [7, 11) is 0. The van der Waals surface area contributed by atoms with Gasteiger partial charge in [-0.05, 0) is 105 Å². The fourth-order valence-electron chi connectivity index (χ4n) is 8.65. The van der Waals surface area contributed by atoms with E-state index < -0.39 is 0 Å². The second kappa shape index (κ2) is 11.4. The SMILES string of the molecule is c1ccc(-c2ccc3c(c2)N(c2ccccc2)c2cc(-c4ccccc4)cc4c2B3c2ccc(-c3ccccc3)c3c2N4CCCC3)cc1. The predicted octanol–water partition coefficient (Wildman–Crippen LogP) is 9.77. The third kappa shape index (κ3) is 4.49. The minimum absolute atomic E-state index is 0.127. The van der Waals surface area contributed by atoms with Crippen LogP contribution in [0, 0.1) is 0 Å². The summed E-state index contributed by atoms with van der Waals surface area (Å²) in [6, 6.07) is 60.7. The maximum Gasteiger partial charge on any atom is 0.252 e. The van der Waals surface area contributed by atoms with Crippen LogP contribution in [0.1, 0.15) is 18.4 Å². The van der Waals surface area contributed by atoms with E-state index in [-0.39, 0.29) is 6.71 Å². The minimum atomic E-state index is 0.127. The van der Waals surface area contributed by atoms with Gasteiger partial charge in [-0.3, -0.25) is 0 Å².